The topological polar surface area (TPSA) is 93.8 Å². The van der Waals surface area contributed by atoms with Gasteiger partial charge in [-0.3, -0.25) is 10.1 Å². The molecule has 0 saturated heterocycles. The van der Waals surface area contributed by atoms with E-state index in [9.17, 15) is 4.79 Å². The molecule has 3 N–H and O–H groups in total. The van der Waals surface area contributed by atoms with Gasteiger partial charge in [-0.25, -0.2) is 4.98 Å². The number of nitrogens with zero attached hydrogens (tertiary/aromatic N) is 3. The zero-order valence-corrected chi connectivity index (χ0v) is 9.11. The fourth-order valence-corrected chi connectivity index (χ4v) is 0.850. The first-order valence-electron chi connectivity index (χ1n) is 4.73. The average molecular weight is 209 g/mol. The second-order valence-corrected chi connectivity index (χ2v) is 3.43. The van der Waals surface area contributed by atoms with E-state index in [2.05, 4.69) is 20.5 Å². The third-order valence-corrected chi connectivity index (χ3v) is 2.13. The smallest absolute Gasteiger partial charge is 0.249 e. The van der Waals surface area contributed by atoms with Crippen LogP contribution in [0, 0.1) is 19.8 Å². The van der Waals surface area contributed by atoms with Crippen molar-refractivity contribution in [2.24, 2.45) is 11.7 Å². The highest BCUT2D eigenvalue weighted by atomic mass is 16.2. The van der Waals surface area contributed by atoms with Crippen molar-refractivity contribution < 1.29 is 4.79 Å². The van der Waals surface area contributed by atoms with Crippen LogP contribution in [0.15, 0.2) is 0 Å². The Kier molecular flexibility index (Phi) is 3.68. The molecule has 1 heterocycles. The number of hydrogen-bond acceptors (Lipinski definition) is 5. The van der Waals surface area contributed by atoms with Crippen molar-refractivity contribution in [2.75, 3.05) is 11.9 Å². The summed E-state index contributed by atoms with van der Waals surface area (Å²) in [6.45, 7) is 5.66. The molecule has 1 amide bonds. The number of anilines is 1. The van der Waals surface area contributed by atoms with Crippen LogP contribution in [-0.2, 0) is 4.79 Å². The number of nitrogens with two attached hydrogens (primary N) is 1. The van der Waals surface area contributed by atoms with Crippen LogP contribution in [0.4, 0.5) is 5.95 Å². The third-order valence-electron chi connectivity index (χ3n) is 2.13. The molecule has 1 rings (SSSR count). The maximum Gasteiger partial charge on any atom is 0.249 e. The molecule has 0 saturated carbocycles. The Hall–Kier alpha value is -1.56. The van der Waals surface area contributed by atoms with Crippen LogP contribution >= 0.6 is 0 Å². The summed E-state index contributed by atoms with van der Waals surface area (Å²) in [6, 6.07) is 0. The van der Waals surface area contributed by atoms with Gasteiger partial charge in [0.05, 0.1) is 11.4 Å². The molecule has 0 aliphatic heterocycles. The molecule has 1 aromatic rings. The fourth-order valence-electron chi connectivity index (χ4n) is 0.850. The van der Waals surface area contributed by atoms with E-state index in [0.29, 0.717) is 6.54 Å². The number of amides is 1. The molecule has 6 nitrogen and oxygen atoms in total. The molecule has 0 fully saturated rings. The van der Waals surface area contributed by atoms with Crippen molar-refractivity contribution >= 4 is 11.9 Å². The van der Waals surface area contributed by atoms with Crippen LogP contribution in [0.3, 0.4) is 0 Å². The van der Waals surface area contributed by atoms with Crippen molar-refractivity contribution in [1.29, 1.82) is 0 Å². The van der Waals surface area contributed by atoms with Gasteiger partial charge in [-0.2, -0.15) is 5.10 Å². The van der Waals surface area contributed by atoms with E-state index in [1.165, 1.54) is 0 Å². The Morgan fingerprint density at radius 2 is 2.07 bits per heavy atom. The molecule has 6 heteroatoms. The summed E-state index contributed by atoms with van der Waals surface area (Å²) >= 11 is 0. The first kappa shape index (κ1) is 11.5. The summed E-state index contributed by atoms with van der Waals surface area (Å²) < 4.78 is 0. The van der Waals surface area contributed by atoms with Gasteiger partial charge in [0.15, 0.2) is 0 Å². The highest BCUT2D eigenvalue weighted by molar-refractivity contribution is 5.90. The highest BCUT2D eigenvalue weighted by Gasteiger charge is 2.12. The summed E-state index contributed by atoms with van der Waals surface area (Å²) in [4.78, 5) is 15.5. The van der Waals surface area contributed by atoms with Gasteiger partial charge in [0.2, 0.25) is 11.9 Å². The number of hydrogen-bond donors (Lipinski definition) is 2. The maximum absolute atomic E-state index is 11.4. The fraction of sp³-hybridized carbons (Fsp3) is 0.556. The first-order chi connectivity index (χ1) is 7.04. The summed E-state index contributed by atoms with van der Waals surface area (Å²) in [7, 11) is 0. The molecular weight excluding hydrogens is 194 g/mol. The van der Waals surface area contributed by atoms with Crippen LogP contribution in [0.2, 0.25) is 0 Å². The lowest BCUT2D eigenvalue weighted by atomic mass is 10.2. The van der Waals surface area contributed by atoms with E-state index in [0.717, 1.165) is 11.4 Å². The molecule has 15 heavy (non-hydrogen) atoms. The van der Waals surface area contributed by atoms with Gasteiger partial charge in [0.25, 0.3) is 0 Å². The average Bonchev–Trinajstić information content (AvgIpc) is 2.22. The van der Waals surface area contributed by atoms with E-state index in [-0.39, 0.29) is 17.8 Å². The van der Waals surface area contributed by atoms with Gasteiger partial charge < -0.3 is 5.73 Å². The molecule has 0 aromatic carbocycles. The number of rotatable bonds is 3. The Bertz CT molecular complexity index is 366. The Balaban J connectivity index is 2.73. The zero-order valence-electron chi connectivity index (χ0n) is 9.11. The molecule has 0 radical (unpaired) electrons. The van der Waals surface area contributed by atoms with E-state index < -0.39 is 0 Å². The number of nitrogens with one attached hydrogen (secondary N) is 1. The number of carbonyl (C=O) groups excluding carboxylic acids is 1. The molecular formula is C9H15N5O. The predicted octanol–water partition coefficient (Wildman–Crippen LogP) is 0.0217. The Morgan fingerprint density at radius 3 is 2.60 bits per heavy atom. The minimum absolute atomic E-state index is 0.192. The summed E-state index contributed by atoms with van der Waals surface area (Å²) in [5.41, 5.74) is 6.86. The van der Waals surface area contributed by atoms with Gasteiger partial charge >= 0.3 is 0 Å². The largest absolute Gasteiger partial charge is 0.330 e. The lowest BCUT2D eigenvalue weighted by Gasteiger charge is -2.08. The summed E-state index contributed by atoms with van der Waals surface area (Å²) in [5, 5.41) is 10.2. The molecule has 0 aliphatic rings. The molecule has 1 aromatic heterocycles. The quantitative estimate of drug-likeness (QED) is 0.732. The second kappa shape index (κ2) is 4.79. The van der Waals surface area contributed by atoms with Crippen molar-refractivity contribution in [2.45, 2.75) is 20.8 Å². The first-order valence-corrected chi connectivity index (χ1v) is 4.73. The zero-order chi connectivity index (χ0) is 11.4. The minimum atomic E-state index is -0.254. The van der Waals surface area contributed by atoms with Gasteiger partial charge in [-0.05, 0) is 13.8 Å². The van der Waals surface area contributed by atoms with Crippen LogP contribution in [-0.4, -0.2) is 27.6 Å². The van der Waals surface area contributed by atoms with Crippen molar-refractivity contribution in [3.8, 4) is 0 Å². The third kappa shape index (κ3) is 2.95. The van der Waals surface area contributed by atoms with Gasteiger partial charge in [-0.1, -0.05) is 6.92 Å². The maximum atomic E-state index is 11.4. The van der Waals surface area contributed by atoms with E-state index in [4.69, 9.17) is 5.73 Å². The molecule has 82 valence electrons. The van der Waals surface area contributed by atoms with Crippen molar-refractivity contribution in [3.05, 3.63) is 11.4 Å². The normalized spacial score (nSPS) is 12.3. The molecule has 0 spiro atoms. The second-order valence-electron chi connectivity index (χ2n) is 3.43. The summed E-state index contributed by atoms with van der Waals surface area (Å²) in [5.74, 6) is -0.221. The van der Waals surface area contributed by atoms with Crippen LogP contribution in [0.1, 0.15) is 18.3 Å². The van der Waals surface area contributed by atoms with E-state index >= 15 is 0 Å². The lowest BCUT2D eigenvalue weighted by molar-refractivity contribution is -0.119. The lowest BCUT2D eigenvalue weighted by Crippen LogP contribution is -2.27. The highest BCUT2D eigenvalue weighted by Crippen LogP contribution is 2.03. The monoisotopic (exact) mass is 209 g/mol. The molecule has 0 bridgehead atoms. The standard InChI is InChI=1S/C9H15N5O/c1-5(4-10)8(15)12-9-11-6(2)7(3)13-14-9/h5H,4,10H2,1-3H3,(H,11,12,14,15). The van der Waals surface area contributed by atoms with Crippen LogP contribution in [0.25, 0.3) is 0 Å². The van der Waals surface area contributed by atoms with Crippen LogP contribution < -0.4 is 11.1 Å². The Labute approximate surface area is 88.3 Å². The minimum Gasteiger partial charge on any atom is -0.330 e. The molecule has 1 atom stereocenters. The SMILES string of the molecule is Cc1nnc(NC(=O)C(C)CN)nc1C. The number of aromatic nitrogens is 3. The molecule has 0 aliphatic carbocycles. The van der Waals surface area contributed by atoms with E-state index in [1.54, 1.807) is 6.92 Å². The number of carbonyl (C=O) groups is 1. The van der Waals surface area contributed by atoms with Crippen molar-refractivity contribution in [3.63, 3.8) is 0 Å². The number of aryl methyl sites for hydroxylation is 2. The van der Waals surface area contributed by atoms with Crippen molar-refractivity contribution in [1.82, 2.24) is 15.2 Å². The summed E-state index contributed by atoms with van der Waals surface area (Å²) in [6.07, 6.45) is 0. The van der Waals surface area contributed by atoms with Crippen LogP contribution in [0.5, 0.6) is 0 Å². The predicted molar refractivity (Wildman–Crippen MR) is 56.1 cm³/mol. The Morgan fingerprint density at radius 1 is 1.40 bits per heavy atom. The molecule has 1 unspecified atom stereocenters. The van der Waals surface area contributed by atoms with Gasteiger partial charge in [0.1, 0.15) is 0 Å². The van der Waals surface area contributed by atoms with Gasteiger partial charge in [-0.15, -0.1) is 5.10 Å². The van der Waals surface area contributed by atoms with Gasteiger partial charge in [0, 0.05) is 12.5 Å². The van der Waals surface area contributed by atoms with E-state index in [1.807, 2.05) is 13.8 Å².